The van der Waals surface area contributed by atoms with Gasteiger partial charge in [-0.15, -0.1) is 0 Å². The zero-order chi connectivity index (χ0) is 18.2. The van der Waals surface area contributed by atoms with E-state index in [9.17, 15) is 14.7 Å². The summed E-state index contributed by atoms with van der Waals surface area (Å²) < 4.78 is 14.7. The van der Waals surface area contributed by atoms with Crippen LogP contribution in [0.15, 0.2) is 29.4 Å². The highest BCUT2D eigenvalue weighted by Gasteiger charge is 2.16. The Hall–Kier alpha value is -2.61. The molecule has 2 N–H and O–H groups in total. The predicted molar refractivity (Wildman–Crippen MR) is 86.9 cm³/mol. The van der Waals surface area contributed by atoms with E-state index in [0.717, 1.165) is 0 Å². The molecule has 0 saturated heterocycles. The van der Waals surface area contributed by atoms with Crippen molar-refractivity contribution in [1.29, 1.82) is 0 Å². The van der Waals surface area contributed by atoms with E-state index in [4.69, 9.17) is 9.47 Å². The Kier molecular flexibility index (Phi) is 7.19. The van der Waals surface area contributed by atoms with Gasteiger partial charge >= 0.3 is 12.1 Å². The molecule has 1 atom stereocenters. The summed E-state index contributed by atoms with van der Waals surface area (Å²) in [6.07, 6.45) is -0.540. The Balaban J connectivity index is 2.46. The molecule has 0 aliphatic heterocycles. The van der Waals surface area contributed by atoms with Gasteiger partial charge in [-0.25, -0.2) is 15.0 Å². The third-order valence-corrected chi connectivity index (χ3v) is 2.53. The van der Waals surface area contributed by atoms with Crippen molar-refractivity contribution in [2.45, 2.75) is 32.5 Å². The molecule has 8 nitrogen and oxygen atoms in total. The van der Waals surface area contributed by atoms with Gasteiger partial charge < -0.3 is 19.3 Å². The molecule has 1 unspecified atom stereocenters. The van der Waals surface area contributed by atoms with Gasteiger partial charge in [0.1, 0.15) is 18.0 Å². The summed E-state index contributed by atoms with van der Waals surface area (Å²) in [7, 11) is 1.19. The number of methoxy groups -OCH3 is 1. The summed E-state index contributed by atoms with van der Waals surface area (Å²) in [5, 5.41) is 13.2. The standard InChI is InChI=1S/C16H22N2O6/c1-16(2,3)24-15(21)18-17-9-11-5-7-12(8-6-11)23-10-13(19)14(20)22-4/h5-9,13,19H,10H2,1-4H3,(H,18,21). The van der Waals surface area contributed by atoms with Gasteiger partial charge in [-0.1, -0.05) is 0 Å². The molecule has 0 saturated carbocycles. The SMILES string of the molecule is COC(=O)C(O)COc1ccc(C=NNC(=O)OC(C)(C)C)cc1. The Labute approximate surface area is 140 Å². The molecule has 0 radical (unpaired) electrons. The molecule has 1 rings (SSSR count). The molecule has 24 heavy (non-hydrogen) atoms. The average molecular weight is 338 g/mol. The van der Waals surface area contributed by atoms with Gasteiger partial charge in [0.2, 0.25) is 0 Å². The number of hydrogen-bond donors (Lipinski definition) is 2. The number of hydrazone groups is 1. The zero-order valence-corrected chi connectivity index (χ0v) is 14.1. The fourth-order valence-electron chi connectivity index (χ4n) is 1.49. The van der Waals surface area contributed by atoms with Gasteiger partial charge in [0.15, 0.2) is 6.10 Å². The minimum Gasteiger partial charge on any atom is -0.490 e. The molecule has 0 bridgehead atoms. The van der Waals surface area contributed by atoms with Crippen molar-refractivity contribution in [3.05, 3.63) is 29.8 Å². The number of aliphatic hydroxyl groups is 1. The second kappa shape index (κ2) is 8.88. The molecule has 0 aromatic heterocycles. The summed E-state index contributed by atoms with van der Waals surface area (Å²) in [6.45, 7) is 5.06. The second-order valence-electron chi connectivity index (χ2n) is 5.79. The number of ether oxygens (including phenoxy) is 3. The number of benzene rings is 1. The van der Waals surface area contributed by atoms with E-state index in [2.05, 4.69) is 15.3 Å². The second-order valence-corrected chi connectivity index (χ2v) is 5.79. The van der Waals surface area contributed by atoms with Gasteiger partial charge in [-0.3, -0.25) is 0 Å². The fraction of sp³-hybridized carbons (Fsp3) is 0.438. The van der Waals surface area contributed by atoms with E-state index in [1.807, 2.05) is 0 Å². The summed E-state index contributed by atoms with van der Waals surface area (Å²) in [5.74, 6) is -0.290. The number of esters is 1. The van der Waals surface area contributed by atoms with Crippen molar-refractivity contribution in [2.75, 3.05) is 13.7 Å². The maximum absolute atomic E-state index is 11.4. The zero-order valence-electron chi connectivity index (χ0n) is 14.1. The summed E-state index contributed by atoms with van der Waals surface area (Å²) in [4.78, 5) is 22.4. The highest BCUT2D eigenvalue weighted by Crippen LogP contribution is 2.11. The first-order valence-electron chi connectivity index (χ1n) is 7.22. The van der Waals surface area contributed by atoms with Crippen molar-refractivity contribution < 1.29 is 28.9 Å². The first kappa shape index (κ1) is 19.4. The van der Waals surface area contributed by atoms with E-state index in [0.29, 0.717) is 11.3 Å². The van der Waals surface area contributed by atoms with Crippen molar-refractivity contribution in [1.82, 2.24) is 5.43 Å². The molecule has 132 valence electrons. The van der Waals surface area contributed by atoms with Crippen molar-refractivity contribution in [2.24, 2.45) is 5.10 Å². The first-order chi connectivity index (χ1) is 11.2. The average Bonchev–Trinajstić information content (AvgIpc) is 2.51. The Morgan fingerprint density at radius 1 is 1.29 bits per heavy atom. The summed E-state index contributed by atoms with van der Waals surface area (Å²) >= 11 is 0. The number of amides is 1. The summed E-state index contributed by atoms with van der Waals surface area (Å²) in [5.41, 5.74) is 2.38. The Morgan fingerprint density at radius 2 is 1.92 bits per heavy atom. The number of carbonyl (C=O) groups excluding carboxylic acids is 2. The van der Waals surface area contributed by atoms with Crippen LogP contribution in [0.1, 0.15) is 26.3 Å². The van der Waals surface area contributed by atoms with Crippen LogP contribution < -0.4 is 10.2 Å². The normalized spacial score (nSPS) is 12.5. The van der Waals surface area contributed by atoms with E-state index >= 15 is 0 Å². The molecule has 1 amide bonds. The minimum atomic E-state index is -1.34. The molecule has 0 aliphatic rings. The number of carbonyl (C=O) groups is 2. The van der Waals surface area contributed by atoms with Crippen molar-refractivity contribution in [3.63, 3.8) is 0 Å². The third kappa shape index (κ3) is 7.59. The monoisotopic (exact) mass is 338 g/mol. The highest BCUT2D eigenvalue weighted by atomic mass is 16.6. The van der Waals surface area contributed by atoms with Gasteiger partial charge in [0.05, 0.1) is 13.3 Å². The lowest BCUT2D eigenvalue weighted by Crippen LogP contribution is -2.29. The van der Waals surface area contributed by atoms with E-state index in [1.54, 1.807) is 45.0 Å². The molecule has 8 heteroatoms. The minimum absolute atomic E-state index is 0.208. The van der Waals surface area contributed by atoms with Crippen LogP contribution in [0.25, 0.3) is 0 Å². The van der Waals surface area contributed by atoms with Gasteiger partial charge in [-0.2, -0.15) is 5.10 Å². The molecular formula is C16H22N2O6. The smallest absolute Gasteiger partial charge is 0.428 e. The van der Waals surface area contributed by atoms with Gasteiger partial charge in [-0.05, 0) is 50.6 Å². The van der Waals surface area contributed by atoms with E-state index in [1.165, 1.54) is 13.3 Å². The van der Waals surface area contributed by atoms with Crippen LogP contribution in [0, 0.1) is 0 Å². The van der Waals surface area contributed by atoms with Crippen LogP contribution in [0.4, 0.5) is 4.79 Å². The number of nitrogens with one attached hydrogen (secondary N) is 1. The van der Waals surface area contributed by atoms with Crippen LogP contribution in [0.2, 0.25) is 0 Å². The van der Waals surface area contributed by atoms with Crippen LogP contribution in [0.3, 0.4) is 0 Å². The number of hydrogen-bond acceptors (Lipinski definition) is 7. The third-order valence-electron chi connectivity index (χ3n) is 2.53. The highest BCUT2D eigenvalue weighted by molar-refractivity contribution is 5.81. The quantitative estimate of drug-likeness (QED) is 0.462. The molecule has 0 aliphatic carbocycles. The van der Waals surface area contributed by atoms with Crippen LogP contribution >= 0.6 is 0 Å². The largest absolute Gasteiger partial charge is 0.490 e. The molecular weight excluding hydrogens is 316 g/mol. The van der Waals surface area contributed by atoms with Gasteiger partial charge in [0, 0.05) is 0 Å². The molecule has 0 fully saturated rings. The Morgan fingerprint density at radius 3 is 2.46 bits per heavy atom. The van der Waals surface area contributed by atoms with E-state index in [-0.39, 0.29) is 6.61 Å². The van der Waals surface area contributed by atoms with Crippen LogP contribution in [0.5, 0.6) is 5.75 Å². The number of nitrogens with zero attached hydrogens (tertiary/aromatic N) is 1. The summed E-state index contributed by atoms with van der Waals surface area (Å²) in [6, 6.07) is 6.66. The maximum atomic E-state index is 11.4. The number of rotatable bonds is 6. The van der Waals surface area contributed by atoms with Gasteiger partial charge in [0.25, 0.3) is 0 Å². The fourth-order valence-corrected chi connectivity index (χ4v) is 1.49. The van der Waals surface area contributed by atoms with Crippen molar-refractivity contribution in [3.8, 4) is 5.75 Å². The molecule has 0 spiro atoms. The molecule has 0 heterocycles. The predicted octanol–water partition coefficient (Wildman–Crippen LogP) is 1.46. The number of aliphatic hydroxyl groups excluding tert-OH is 1. The molecule has 1 aromatic carbocycles. The topological polar surface area (TPSA) is 106 Å². The Bertz CT molecular complexity index is 577. The lowest BCUT2D eigenvalue weighted by Gasteiger charge is -2.18. The van der Waals surface area contributed by atoms with Crippen LogP contribution in [-0.4, -0.2) is 48.8 Å². The van der Waals surface area contributed by atoms with E-state index < -0.39 is 23.8 Å². The lowest BCUT2D eigenvalue weighted by atomic mass is 10.2. The maximum Gasteiger partial charge on any atom is 0.428 e. The van der Waals surface area contributed by atoms with Crippen LogP contribution in [-0.2, 0) is 14.3 Å². The van der Waals surface area contributed by atoms with Crippen molar-refractivity contribution >= 4 is 18.3 Å². The lowest BCUT2D eigenvalue weighted by molar-refractivity contribution is -0.151. The first-order valence-corrected chi connectivity index (χ1v) is 7.22. The molecule has 1 aromatic rings.